The lowest BCUT2D eigenvalue weighted by molar-refractivity contribution is 0.0731. The molecular weight excluding hydrogens is 399 g/mol. The fourth-order valence-corrected chi connectivity index (χ4v) is 3.99. The number of aliphatic hydroxyl groups is 1. The van der Waals surface area contributed by atoms with Gasteiger partial charge in [0.25, 0.3) is 15.9 Å². The van der Waals surface area contributed by atoms with Gasteiger partial charge in [-0.05, 0) is 49.4 Å². The van der Waals surface area contributed by atoms with Crippen LogP contribution in [-0.2, 0) is 10.0 Å². The van der Waals surface area contributed by atoms with Gasteiger partial charge in [-0.1, -0.05) is 23.2 Å². The monoisotopic (exact) mass is 416 g/mol. The number of nitrogens with one attached hydrogen (secondary N) is 1. The minimum atomic E-state index is -4.00. The number of benzene rings is 2. The van der Waals surface area contributed by atoms with E-state index >= 15 is 0 Å². The van der Waals surface area contributed by atoms with Crippen molar-refractivity contribution in [3.05, 3.63) is 58.1 Å². The van der Waals surface area contributed by atoms with Crippen LogP contribution in [0.4, 0.5) is 5.69 Å². The summed E-state index contributed by atoms with van der Waals surface area (Å²) in [5, 5.41) is 9.51. The number of halogens is 2. The molecule has 6 nitrogen and oxygen atoms in total. The first kappa shape index (κ1) is 20.5. The van der Waals surface area contributed by atoms with Gasteiger partial charge in [-0.3, -0.25) is 9.52 Å². The Labute approximate surface area is 162 Å². The summed E-state index contributed by atoms with van der Waals surface area (Å²) in [7, 11) is -4.00. The van der Waals surface area contributed by atoms with Crippen LogP contribution in [0.5, 0.6) is 0 Å². The van der Waals surface area contributed by atoms with Crippen LogP contribution < -0.4 is 4.72 Å². The Morgan fingerprint density at radius 2 is 1.81 bits per heavy atom. The smallest absolute Gasteiger partial charge is 0.263 e. The maximum Gasteiger partial charge on any atom is 0.263 e. The fraction of sp³-hybridized carbons (Fsp3) is 0.235. The third kappa shape index (κ3) is 4.88. The predicted octanol–water partition coefficient (Wildman–Crippen LogP) is 3.25. The Morgan fingerprint density at radius 3 is 2.38 bits per heavy atom. The van der Waals surface area contributed by atoms with Gasteiger partial charge in [-0.25, -0.2) is 8.42 Å². The number of aliphatic hydroxyl groups excluding tert-OH is 1. The number of rotatable bonds is 7. The van der Waals surface area contributed by atoms with Crippen molar-refractivity contribution in [3.8, 4) is 0 Å². The molecule has 0 heterocycles. The highest BCUT2D eigenvalue weighted by atomic mass is 35.5. The van der Waals surface area contributed by atoms with Gasteiger partial charge in [0.2, 0.25) is 0 Å². The van der Waals surface area contributed by atoms with E-state index in [0.717, 1.165) is 0 Å². The molecule has 26 heavy (non-hydrogen) atoms. The lowest BCUT2D eigenvalue weighted by atomic mass is 10.2. The maximum absolute atomic E-state index is 12.7. The van der Waals surface area contributed by atoms with Crippen LogP contribution in [0.25, 0.3) is 0 Å². The minimum absolute atomic E-state index is 0.00628. The average molecular weight is 417 g/mol. The number of hydrogen-bond donors (Lipinski definition) is 2. The lowest BCUT2D eigenvalue weighted by Crippen LogP contribution is -2.33. The van der Waals surface area contributed by atoms with Crippen molar-refractivity contribution in [3.63, 3.8) is 0 Å². The molecule has 2 N–H and O–H groups in total. The normalized spacial score (nSPS) is 11.2. The fourth-order valence-electron chi connectivity index (χ4n) is 2.28. The molecule has 0 fully saturated rings. The number of likely N-dealkylation sites (N-methyl/N-ethyl adjacent to an activating group) is 1. The van der Waals surface area contributed by atoms with Crippen LogP contribution in [0.3, 0.4) is 0 Å². The summed E-state index contributed by atoms with van der Waals surface area (Å²) in [6.07, 6.45) is 0. The van der Waals surface area contributed by atoms with Gasteiger partial charge in [0.15, 0.2) is 0 Å². The average Bonchev–Trinajstić information content (AvgIpc) is 2.61. The molecular formula is C17H18Cl2N2O4S. The van der Waals surface area contributed by atoms with E-state index in [1.165, 1.54) is 35.2 Å². The highest BCUT2D eigenvalue weighted by Crippen LogP contribution is 2.26. The Bertz CT molecular complexity index is 886. The molecule has 140 valence electrons. The van der Waals surface area contributed by atoms with Crippen LogP contribution in [0.15, 0.2) is 47.4 Å². The van der Waals surface area contributed by atoms with E-state index in [0.29, 0.717) is 17.3 Å². The zero-order valence-corrected chi connectivity index (χ0v) is 16.3. The quantitative estimate of drug-likeness (QED) is 0.724. The summed E-state index contributed by atoms with van der Waals surface area (Å²) in [4.78, 5) is 13.7. The first-order chi connectivity index (χ1) is 12.3. The van der Waals surface area contributed by atoms with E-state index in [1.54, 1.807) is 19.1 Å². The third-order valence-electron chi connectivity index (χ3n) is 3.60. The van der Waals surface area contributed by atoms with E-state index in [9.17, 15) is 13.2 Å². The highest BCUT2D eigenvalue weighted by Gasteiger charge is 2.22. The van der Waals surface area contributed by atoms with Crippen molar-refractivity contribution in [1.82, 2.24) is 4.90 Å². The van der Waals surface area contributed by atoms with Crippen molar-refractivity contribution < 1.29 is 18.3 Å². The number of sulfonamides is 1. The van der Waals surface area contributed by atoms with Gasteiger partial charge in [0, 0.05) is 29.4 Å². The predicted molar refractivity (Wildman–Crippen MR) is 102 cm³/mol. The van der Waals surface area contributed by atoms with Crippen LogP contribution in [0.2, 0.25) is 10.0 Å². The van der Waals surface area contributed by atoms with Crippen LogP contribution >= 0.6 is 23.2 Å². The number of amides is 1. The molecule has 2 rings (SSSR count). The minimum Gasteiger partial charge on any atom is -0.395 e. The SMILES string of the molecule is CCN(CCO)C(=O)c1ccc(Cl)c(S(=O)(=O)Nc2ccc(Cl)cc2)c1. The molecule has 0 saturated carbocycles. The van der Waals surface area contributed by atoms with Gasteiger partial charge in [-0.2, -0.15) is 0 Å². The molecule has 1 amide bonds. The van der Waals surface area contributed by atoms with Crippen LogP contribution in [0.1, 0.15) is 17.3 Å². The third-order valence-corrected chi connectivity index (χ3v) is 5.72. The zero-order chi connectivity index (χ0) is 19.3. The summed E-state index contributed by atoms with van der Waals surface area (Å²) in [6.45, 7) is 2.12. The second-order valence-corrected chi connectivity index (χ2v) is 7.86. The van der Waals surface area contributed by atoms with E-state index in [4.69, 9.17) is 28.3 Å². The summed E-state index contributed by atoms with van der Waals surface area (Å²) in [6, 6.07) is 10.2. The van der Waals surface area contributed by atoms with Crippen molar-refractivity contribution >= 4 is 44.8 Å². The Balaban J connectivity index is 2.36. The van der Waals surface area contributed by atoms with Gasteiger partial charge in [0.05, 0.1) is 11.6 Å². The summed E-state index contributed by atoms with van der Waals surface area (Å²) in [5.74, 6) is -0.388. The second-order valence-electron chi connectivity index (χ2n) is 5.37. The van der Waals surface area contributed by atoms with Gasteiger partial charge < -0.3 is 10.0 Å². The molecule has 0 atom stereocenters. The molecule has 0 unspecified atom stereocenters. The molecule has 0 radical (unpaired) electrons. The molecule has 0 bridgehead atoms. The van der Waals surface area contributed by atoms with E-state index in [2.05, 4.69) is 4.72 Å². The first-order valence-corrected chi connectivity index (χ1v) is 10.0. The lowest BCUT2D eigenvalue weighted by Gasteiger charge is -2.20. The molecule has 0 saturated heterocycles. The van der Waals surface area contributed by atoms with Crippen LogP contribution in [-0.4, -0.2) is 44.0 Å². The molecule has 0 aliphatic heterocycles. The number of nitrogens with zero attached hydrogens (tertiary/aromatic N) is 1. The molecule has 2 aromatic rings. The highest BCUT2D eigenvalue weighted by molar-refractivity contribution is 7.92. The number of carbonyl (C=O) groups excluding carboxylic acids is 1. The van der Waals surface area contributed by atoms with E-state index in [1.807, 2.05) is 0 Å². The Morgan fingerprint density at radius 1 is 1.15 bits per heavy atom. The van der Waals surface area contributed by atoms with E-state index < -0.39 is 10.0 Å². The van der Waals surface area contributed by atoms with Crippen molar-refractivity contribution in [2.24, 2.45) is 0 Å². The number of anilines is 1. The van der Waals surface area contributed by atoms with Crippen molar-refractivity contribution in [2.75, 3.05) is 24.4 Å². The van der Waals surface area contributed by atoms with Gasteiger partial charge in [-0.15, -0.1) is 0 Å². The zero-order valence-electron chi connectivity index (χ0n) is 13.9. The largest absolute Gasteiger partial charge is 0.395 e. The van der Waals surface area contributed by atoms with E-state index in [-0.39, 0.29) is 34.5 Å². The Kier molecular flexibility index (Phi) is 6.88. The summed E-state index contributed by atoms with van der Waals surface area (Å²) >= 11 is 11.8. The van der Waals surface area contributed by atoms with Crippen molar-refractivity contribution in [1.29, 1.82) is 0 Å². The number of carbonyl (C=O) groups is 1. The summed E-state index contributed by atoms with van der Waals surface area (Å²) in [5.41, 5.74) is 0.485. The maximum atomic E-state index is 12.7. The second kappa shape index (κ2) is 8.73. The molecule has 0 aliphatic rings. The van der Waals surface area contributed by atoms with Crippen molar-refractivity contribution in [2.45, 2.75) is 11.8 Å². The standard InChI is InChI=1S/C17H18Cl2N2O4S/c1-2-21(9-10-22)17(23)12-3-8-15(19)16(11-12)26(24,25)20-14-6-4-13(18)5-7-14/h3-8,11,20,22H,2,9-10H2,1H3. The molecule has 9 heteroatoms. The van der Waals surface area contributed by atoms with Gasteiger partial charge >= 0.3 is 0 Å². The Hall–Kier alpha value is -1.80. The summed E-state index contributed by atoms with van der Waals surface area (Å²) < 4.78 is 27.7. The molecule has 0 spiro atoms. The first-order valence-electron chi connectivity index (χ1n) is 7.76. The molecule has 0 aromatic heterocycles. The van der Waals surface area contributed by atoms with Gasteiger partial charge in [0.1, 0.15) is 4.90 Å². The topological polar surface area (TPSA) is 86.7 Å². The molecule has 2 aromatic carbocycles. The number of hydrogen-bond acceptors (Lipinski definition) is 4. The molecule has 0 aliphatic carbocycles. The van der Waals surface area contributed by atoms with Crippen LogP contribution in [0, 0.1) is 0 Å².